The third-order valence-electron chi connectivity index (χ3n) is 10.5. The van der Waals surface area contributed by atoms with Crippen LogP contribution in [-0.4, -0.2) is 123 Å². The molecule has 2 aromatic heterocycles. The smallest absolute Gasteiger partial charge is 0.263 e. The Balaban J connectivity index is 0.00000109. The maximum Gasteiger partial charge on any atom is 0.263 e. The van der Waals surface area contributed by atoms with E-state index >= 15 is 0 Å². The number of rotatable bonds is 18. The Morgan fingerprint density at radius 1 is 0.934 bits per heavy atom. The number of nitrogens with zero attached hydrogens (tertiary/aromatic N) is 7. The maximum atomic E-state index is 12.5. The van der Waals surface area contributed by atoms with Crippen LogP contribution < -0.4 is 26.8 Å². The van der Waals surface area contributed by atoms with E-state index < -0.39 is 17.4 Å². The fourth-order valence-corrected chi connectivity index (χ4v) is 6.81. The molecule has 0 radical (unpaired) electrons. The summed E-state index contributed by atoms with van der Waals surface area (Å²) in [4.78, 5) is 78.1. The summed E-state index contributed by atoms with van der Waals surface area (Å²) in [5, 5.41) is 8.99. The van der Waals surface area contributed by atoms with E-state index in [1.165, 1.54) is 13.1 Å². The van der Waals surface area contributed by atoms with Crippen LogP contribution in [0.4, 0.5) is 11.9 Å². The summed E-state index contributed by atoms with van der Waals surface area (Å²) in [6.45, 7) is 16.3. The third kappa shape index (κ3) is 11.7. The molecule has 2 aliphatic heterocycles. The highest BCUT2D eigenvalue weighted by atomic mass is 16.6. The molecule has 2 aliphatic rings. The van der Waals surface area contributed by atoms with Crippen LogP contribution in [0.1, 0.15) is 68.7 Å². The minimum atomic E-state index is -0.660. The van der Waals surface area contributed by atoms with Crippen molar-refractivity contribution in [3.8, 4) is 5.75 Å². The molecule has 2 saturated heterocycles. The molecule has 5 amide bonds. The van der Waals surface area contributed by atoms with E-state index in [4.69, 9.17) is 25.8 Å². The first-order valence-corrected chi connectivity index (χ1v) is 20.3. The normalized spacial score (nSPS) is 15.0. The van der Waals surface area contributed by atoms with Gasteiger partial charge in [0.15, 0.2) is 6.61 Å². The van der Waals surface area contributed by atoms with Gasteiger partial charge in [0.05, 0.1) is 36.3 Å². The van der Waals surface area contributed by atoms with Crippen molar-refractivity contribution in [2.75, 3.05) is 63.2 Å². The number of benzene rings is 2. The number of allylic oxidation sites excluding steroid dienone is 2. The number of anilines is 2. The summed E-state index contributed by atoms with van der Waals surface area (Å²) >= 11 is 0. The zero-order chi connectivity index (χ0) is 44.3. The van der Waals surface area contributed by atoms with Crippen LogP contribution >= 0.6 is 0 Å². The number of hydrogen-bond acceptors (Lipinski definition) is 12. The highest BCUT2D eigenvalue weighted by Crippen LogP contribution is 2.32. The number of likely N-dealkylation sites (tertiary alicyclic amines) is 1. The number of amides is 5. The number of oxime groups is 1. The highest BCUT2D eigenvalue weighted by molar-refractivity contribution is 5.99. The summed E-state index contributed by atoms with van der Waals surface area (Å²) in [6.07, 6.45) is 6.34. The maximum absolute atomic E-state index is 12.5. The molecule has 4 heterocycles. The average Bonchev–Trinajstić information content (AvgIpc) is 3.73. The Morgan fingerprint density at radius 3 is 2.25 bits per heavy atom. The van der Waals surface area contributed by atoms with Crippen molar-refractivity contribution in [3.05, 3.63) is 53.6 Å². The van der Waals surface area contributed by atoms with Gasteiger partial charge in [0.1, 0.15) is 16.9 Å². The van der Waals surface area contributed by atoms with E-state index in [0.717, 1.165) is 11.8 Å². The van der Waals surface area contributed by atoms with Gasteiger partial charge in [0, 0.05) is 63.5 Å². The fraction of sp³-hybridized carbons (Fsp3) is 0.476. The van der Waals surface area contributed by atoms with Crippen LogP contribution in [-0.2, 0) is 37.0 Å². The monoisotopic (exact) mass is 843 g/mol. The largest absolute Gasteiger partial charge is 0.491 e. The molecule has 0 aliphatic carbocycles. The molecular weight excluding hydrogens is 787 g/mol. The van der Waals surface area contributed by atoms with Gasteiger partial charge in [-0.1, -0.05) is 45.0 Å². The summed E-state index contributed by atoms with van der Waals surface area (Å²) < 4.78 is 15.9. The van der Waals surface area contributed by atoms with Crippen LogP contribution in [0.25, 0.3) is 22.1 Å². The Hall–Kier alpha value is -6.34. The average molecular weight is 844 g/mol. The predicted molar refractivity (Wildman–Crippen MR) is 231 cm³/mol. The van der Waals surface area contributed by atoms with Crippen molar-refractivity contribution >= 4 is 70.2 Å². The molecule has 0 unspecified atom stereocenters. The van der Waals surface area contributed by atoms with Gasteiger partial charge in [0.2, 0.25) is 36.0 Å². The Morgan fingerprint density at radius 2 is 1.61 bits per heavy atom. The van der Waals surface area contributed by atoms with E-state index in [9.17, 15) is 24.0 Å². The second kappa shape index (κ2) is 20.8. The van der Waals surface area contributed by atoms with E-state index in [2.05, 4.69) is 58.4 Å². The van der Waals surface area contributed by atoms with Gasteiger partial charge in [-0.2, -0.15) is 0 Å². The van der Waals surface area contributed by atoms with Gasteiger partial charge in [-0.05, 0) is 55.5 Å². The molecule has 0 bridgehead atoms. The van der Waals surface area contributed by atoms with E-state index in [-0.39, 0.29) is 42.0 Å². The number of morpholine rings is 1. The first-order chi connectivity index (χ1) is 29.1. The summed E-state index contributed by atoms with van der Waals surface area (Å²) in [6, 6.07) is 7.96. The zero-order valence-corrected chi connectivity index (χ0v) is 35.7. The molecule has 19 heteroatoms. The number of ether oxygens (including phenoxy) is 2. The SMILES string of the molecule is C/C=N\OCC(=O)N1CCOC2(CN(CCCOc3cc(C(N)=O)cc4nc(NC=O)n(C/C=C/Cn5c(NC(C)=O)nc6cc(C(N)=O)ccc65)c34)C2)C1.CC(C)C(C)C. The summed E-state index contributed by atoms with van der Waals surface area (Å²) in [7, 11) is 0. The van der Waals surface area contributed by atoms with Gasteiger partial charge in [-0.25, -0.2) is 9.97 Å². The number of hydrogen-bond donors (Lipinski definition) is 4. The Labute approximate surface area is 354 Å². The number of aromatic nitrogens is 4. The van der Waals surface area contributed by atoms with Gasteiger partial charge in [-0.15, -0.1) is 0 Å². The highest BCUT2D eigenvalue weighted by Gasteiger charge is 2.47. The number of primary amides is 2. The minimum absolute atomic E-state index is 0.112. The third-order valence-corrected chi connectivity index (χ3v) is 10.5. The lowest BCUT2D eigenvalue weighted by Crippen LogP contribution is -2.70. The number of imidazole rings is 2. The molecule has 4 aromatic rings. The lowest BCUT2D eigenvalue weighted by molar-refractivity contribution is -0.190. The molecule has 0 atom stereocenters. The van der Waals surface area contributed by atoms with Crippen molar-refractivity contribution in [2.45, 2.75) is 66.7 Å². The molecule has 6 rings (SSSR count). The molecule has 61 heavy (non-hydrogen) atoms. The standard InChI is InChI=1S/C36H43N11O8.C6H14/c1-3-40-55-18-30(50)45-12-14-54-36(21-45)19-44(20-36)9-6-13-53-29-17-25(33(38)52)16-27-31(29)47(34(43-27)39-22-48)11-5-4-10-46-28-8-7-24(32(37)51)15-26(28)42-35(46)41-23(2)49;1-5(2)6(3)4/h3-5,7-8,15-17,22H,6,9-14,18-21H2,1-2H3,(H2,37,51)(H2,38,52)(H,39,43,48)(H,41,42,49);5-6H,1-4H3/b5-4+,40-3-;. The van der Waals surface area contributed by atoms with Gasteiger partial charge < -0.3 is 39.8 Å². The van der Waals surface area contributed by atoms with Gasteiger partial charge in [0.25, 0.3) is 5.91 Å². The van der Waals surface area contributed by atoms with Crippen molar-refractivity contribution in [1.82, 2.24) is 28.9 Å². The van der Waals surface area contributed by atoms with E-state index in [1.54, 1.807) is 51.3 Å². The summed E-state index contributed by atoms with van der Waals surface area (Å²) in [5.41, 5.74) is 13.3. The topological polar surface area (TPSA) is 244 Å². The summed E-state index contributed by atoms with van der Waals surface area (Å²) in [5.74, 6) is 0.886. The van der Waals surface area contributed by atoms with Crippen molar-refractivity contribution in [1.29, 1.82) is 0 Å². The predicted octanol–water partition coefficient (Wildman–Crippen LogP) is 3.37. The van der Waals surface area contributed by atoms with E-state index in [1.807, 2.05) is 12.2 Å². The quantitative estimate of drug-likeness (QED) is 0.0372. The van der Waals surface area contributed by atoms with Crippen LogP contribution in [0.5, 0.6) is 5.75 Å². The van der Waals surface area contributed by atoms with Crippen LogP contribution in [0.15, 0.2) is 47.6 Å². The van der Waals surface area contributed by atoms with Crippen LogP contribution in [0.2, 0.25) is 0 Å². The van der Waals surface area contributed by atoms with Crippen LogP contribution in [0.3, 0.4) is 0 Å². The molecular formula is C42H57N11O8. The zero-order valence-electron chi connectivity index (χ0n) is 35.7. The number of carbonyl (C=O) groups is 5. The number of nitrogens with one attached hydrogen (secondary N) is 2. The first kappa shape index (κ1) is 45.7. The minimum Gasteiger partial charge on any atom is -0.491 e. The molecule has 6 N–H and O–H groups in total. The lowest BCUT2D eigenvalue weighted by Gasteiger charge is -2.53. The molecule has 2 fully saturated rings. The van der Waals surface area contributed by atoms with Gasteiger partial charge in [-0.3, -0.25) is 39.5 Å². The fourth-order valence-electron chi connectivity index (χ4n) is 6.81. The Bertz CT molecular complexity index is 2270. The Kier molecular flexibility index (Phi) is 15.6. The molecule has 1 spiro atoms. The molecule has 328 valence electrons. The van der Waals surface area contributed by atoms with Crippen molar-refractivity contribution in [2.24, 2.45) is 28.5 Å². The second-order valence-corrected chi connectivity index (χ2v) is 15.7. The molecule has 0 saturated carbocycles. The molecule has 2 aromatic carbocycles. The molecule has 19 nitrogen and oxygen atoms in total. The van der Waals surface area contributed by atoms with Gasteiger partial charge >= 0.3 is 0 Å². The first-order valence-electron chi connectivity index (χ1n) is 20.3. The second-order valence-electron chi connectivity index (χ2n) is 15.7. The van der Waals surface area contributed by atoms with Crippen molar-refractivity contribution in [3.63, 3.8) is 0 Å². The van der Waals surface area contributed by atoms with Crippen molar-refractivity contribution < 1.29 is 38.3 Å². The van der Waals surface area contributed by atoms with E-state index in [0.29, 0.717) is 99.1 Å². The lowest BCUT2D eigenvalue weighted by atomic mass is 9.91. The number of nitrogens with two attached hydrogens (primary N) is 2. The van der Waals surface area contributed by atoms with Crippen LogP contribution in [0, 0.1) is 11.8 Å². The number of fused-ring (bicyclic) bond motifs is 2. The number of carbonyl (C=O) groups excluding carboxylic acids is 5.